The van der Waals surface area contributed by atoms with Crippen molar-refractivity contribution in [3.05, 3.63) is 28.4 Å². The lowest BCUT2D eigenvalue weighted by molar-refractivity contribution is -0.389. The Kier molecular flexibility index (Phi) is 0.997. The van der Waals surface area contributed by atoms with E-state index >= 15 is 0 Å². The van der Waals surface area contributed by atoms with Crippen LogP contribution < -0.4 is 0 Å². The van der Waals surface area contributed by atoms with Gasteiger partial charge in [-0.15, -0.1) is 0 Å². The minimum atomic E-state index is -0.528. The smallest absolute Gasteiger partial charge is 0.329 e. The molecule has 1 N–H and O–H groups in total. The van der Waals surface area contributed by atoms with Crippen LogP contribution in [0.15, 0.2) is 12.3 Å². The van der Waals surface area contributed by atoms with Gasteiger partial charge in [0.25, 0.3) is 0 Å². The number of H-pyrrole nitrogens is 1. The Morgan fingerprint density at radius 3 is 2.88 bits per heavy atom. The lowest BCUT2D eigenvalue weighted by atomic mass is 10.6. The molecule has 1 aromatic rings. The molecule has 0 aromatic carbocycles. The van der Waals surface area contributed by atoms with E-state index < -0.39 is 4.92 Å². The first kappa shape index (κ1) is 4.83. The molecule has 1 heterocycles. The van der Waals surface area contributed by atoms with Crippen LogP contribution in [-0.4, -0.2) is 9.91 Å². The summed E-state index contributed by atoms with van der Waals surface area (Å²) in [6.07, 6.45) is 1.46. The Balaban J connectivity index is 2.93. The number of aromatic nitrogens is 1. The number of nitrogens with one attached hydrogen (secondary N) is 1. The summed E-state index contributed by atoms with van der Waals surface area (Å²) in [6.45, 7) is 0. The summed E-state index contributed by atoms with van der Waals surface area (Å²) < 4.78 is 0. The van der Waals surface area contributed by atoms with Crippen LogP contribution in [0.2, 0.25) is 0 Å². The van der Waals surface area contributed by atoms with Gasteiger partial charge in [-0.1, -0.05) is 0 Å². The zero-order valence-corrected chi connectivity index (χ0v) is 3.92. The average molecular weight is 111 g/mol. The van der Waals surface area contributed by atoms with Gasteiger partial charge < -0.3 is 10.1 Å². The van der Waals surface area contributed by atoms with Crippen molar-refractivity contribution < 1.29 is 4.92 Å². The van der Waals surface area contributed by atoms with E-state index in [-0.39, 0.29) is 5.82 Å². The summed E-state index contributed by atoms with van der Waals surface area (Å²) in [4.78, 5) is 11.7. The molecule has 1 aromatic heterocycles. The lowest BCUT2D eigenvalue weighted by Crippen LogP contribution is -1.85. The largest absolute Gasteiger partial charge is 0.358 e. The highest BCUT2D eigenvalue weighted by molar-refractivity contribution is 5.14. The van der Waals surface area contributed by atoms with Crippen LogP contribution in [0, 0.1) is 16.2 Å². The second-order valence-corrected chi connectivity index (χ2v) is 1.23. The summed E-state index contributed by atoms with van der Waals surface area (Å²) in [5.41, 5.74) is 0. The second-order valence-electron chi connectivity index (χ2n) is 1.23. The number of rotatable bonds is 1. The quantitative estimate of drug-likeness (QED) is 0.428. The minimum absolute atomic E-state index is 0.0926. The van der Waals surface area contributed by atoms with Gasteiger partial charge in [0.2, 0.25) is 0 Å². The highest BCUT2D eigenvalue weighted by Crippen LogP contribution is 2.01. The molecule has 0 spiro atoms. The normalized spacial score (nSPS) is 9.00. The fourth-order valence-electron chi connectivity index (χ4n) is 0.388. The molecule has 4 nitrogen and oxygen atoms in total. The van der Waals surface area contributed by atoms with Crippen molar-refractivity contribution in [2.75, 3.05) is 0 Å². The van der Waals surface area contributed by atoms with Crippen LogP contribution in [0.3, 0.4) is 0 Å². The average Bonchev–Trinajstić information content (AvgIpc) is 2.12. The Bertz CT molecular complexity index is 180. The third-order valence-electron chi connectivity index (χ3n) is 0.706. The van der Waals surface area contributed by atoms with Crippen LogP contribution in [-0.2, 0) is 0 Å². The van der Waals surface area contributed by atoms with Crippen LogP contribution in [0.4, 0.5) is 5.82 Å². The van der Waals surface area contributed by atoms with Crippen molar-refractivity contribution in [1.82, 2.24) is 4.98 Å². The first-order valence-corrected chi connectivity index (χ1v) is 2.00. The van der Waals surface area contributed by atoms with Gasteiger partial charge in [0.05, 0.1) is 12.3 Å². The molecule has 1 radical (unpaired) electrons. The second kappa shape index (κ2) is 1.65. The monoisotopic (exact) mass is 111 g/mol. The molecule has 0 aliphatic carbocycles. The third-order valence-corrected chi connectivity index (χ3v) is 0.706. The molecule has 0 saturated heterocycles. The fraction of sp³-hybridized carbons (Fsp3) is 0. The van der Waals surface area contributed by atoms with Crippen molar-refractivity contribution >= 4 is 5.82 Å². The van der Waals surface area contributed by atoms with E-state index in [1.807, 2.05) is 0 Å². The first-order valence-electron chi connectivity index (χ1n) is 2.00. The van der Waals surface area contributed by atoms with Gasteiger partial charge in [-0.25, -0.2) is 4.98 Å². The highest BCUT2D eigenvalue weighted by atomic mass is 16.6. The molecule has 0 aliphatic rings. The predicted molar refractivity (Wildman–Crippen MR) is 26.3 cm³/mol. The maximum Gasteiger partial charge on any atom is 0.329 e. The SMILES string of the molecule is O=[N+]([O-])c1[c]cc[nH]1. The van der Waals surface area contributed by atoms with Gasteiger partial charge in [-0.2, -0.15) is 0 Å². The summed E-state index contributed by atoms with van der Waals surface area (Å²) >= 11 is 0. The Morgan fingerprint density at radius 1 is 1.88 bits per heavy atom. The summed E-state index contributed by atoms with van der Waals surface area (Å²) in [7, 11) is 0. The standard InChI is InChI=1S/C4H3N2O2/c7-6(8)4-2-1-3-5-4/h1,3,5H. The van der Waals surface area contributed by atoms with Crippen LogP contribution >= 0.6 is 0 Å². The Morgan fingerprint density at radius 2 is 2.62 bits per heavy atom. The van der Waals surface area contributed by atoms with Gasteiger partial charge in [-0.3, -0.25) is 0 Å². The summed E-state index contributed by atoms with van der Waals surface area (Å²) in [5.74, 6) is -0.0926. The predicted octanol–water partition coefficient (Wildman–Crippen LogP) is 0.723. The number of hydrogen-bond acceptors (Lipinski definition) is 2. The van der Waals surface area contributed by atoms with E-state index in [1.54, 1.807) is 0 Å². The van der Waals surface area contributed by atoms with Crippen LogP contribution in [0.5, 0.6) is 0 Å². The van der Waals surface area contributed by atoms with Gasteiger partial charge in [0, 0.05) is 0 Å². The van der Waals surface area contributed by atoms with Crippen LogP contribution in [0.1, 0.15) is 0 Å². The zero-order chi connectivity index (χ0) is 5.98. The third kappa shape index (κ3) is 0.676. The molecule has 0 aliphatic heterocycles. The number of hydrogen-bond donors (Lipinski definition) is 1. The molecule has 0 bridgehead atoms. The van der Waals surface area contributed by atoms with Gasteiger partial charge in [0.1, 0.15) is 0 Å². The Hall–Kier alpha value is -1.32. The maximum absolute atomic E-state index is 9.81. The van der Waals surface area contributed by atoms with E-state index in [0.29, 0.717) is 0 Å². The van der Waals surface area contributed by atoms with Crippen LogP contribution in [0.25, 0.3) is 0 Å². The van der Waals surface area contributed by atoms with E-state index in [0.717, 1.165) is 0 Å². The molecule has 41 valence electrons. The van der Waals surface area contributed by atoms with Gasteiger partial charge >= 0.3 is 5.82 Å². The topological polar surface area (TPSA) is 58.9 Å². The summed E-state index contributed by atoms with van der Waals surface area (Å²) in [6, 6.07) is 3.84. The van der Waals surface area contributed by atoms with Crippen molar-refractivity contribution in [1.29, 1.82) is 0 Å². The Labute approximate surface area is 45.3 Å². The summed E-state index contributed by atoms with van der Waals surface area (Å²) in [5, 5.41) is 9.81. The molecule has 0 unspecified atom stereocenters. The fourth-order valence-corrected chi connectivity index (χ4v) is 0.388. The van der Waals surface area contributed by atoms with Crippen molar-refractivity contribution in [2.24, 2.45) is 0 Å². The van der Waals surface area contributed by atoms with Crippen molar-refractivity contribution in [3.63, 3.8) is 0 Å². The van der Waals surface area contributed by atoms with Crippen molar-refractivity contribution in [2.45, 2.75) is 0 Å². The zero-order valence-electron chi connectivity index (χ0n) is 3.92. The molecule has 0 saturated carbocycles. The molecular formula is C4H3N2O2. The maximum atomic E-state index is 9.81. The number of nitro groups is 1. The van der Waals surface area contributed by atoms with E-state index in [9.17, 15) is 10.1 Å². The molecule has 0 fully saturated rings. The van der Waals surface area contributed by atoms with E-state index in [4.69, 9.17) is 0 Å². The molecule has 0 amide bonds. The minimum Gasteiger partial charge on any atom is -0.358 e. The molecule has 8 heavy (non-hydrogen) atoms. The number of aromatic amines is 1. The first-order chi connectivity index (χ1) is 3.80. The van der Waals surface area contributed by atoms with E-state index in [2.05, 4.69) is 11.1 Å². The molecule has 0 atom stereocenters. The van der Waals surface area contributed by atoms with Crippen molar-refractivity contribution in [3.8, 4) is 0 Å². The highest BCUT2D eigenvalue weighted by Gasteiger charge is 1.98. The molecule has 4 heteroatoms. The van der Waals surface area contributed by atoms with Gasteiger partial charge in [0.15, 0.2) is 0 Å². The number of nitrogens with zero attached hydrogens (tertiary/aromatic N) is 1. The van der Waals surface area contributed by atoms with E-state index in [1.165, 1.54) is 12.3 Å². The van der Waals surface area contributed by atoms with Gasteiger partial charge in [-0.05, 0) is 11.0 Å². The lowest BCUT2D eigenvalue weighted by Gasteiger charge is -1.83. The molecule has 1 rings (SSSR count). The molecular weight excluding hydrogens is 108 g/mol.